The molecule has 0 radical (unpaired) electrons. The van der Waals surface area contributed by atoms with E-state index in [9.17, 15) is 18.4 Å². The van der Waals surface area contributed by atoms with E-state index in [2.05, 4.69) is 9.97 Å². The molecule has 1 aromatic carbocycles. The van der Waals surface area contributed by atoms with Gasteiger partial charge in [0.25, 0.3) is 0 Å². The number of carbonyl (C=O) groups excluding carboxylic acids is 1. The number of halogens is 2. The minimum absolute atomic E-state index is 0.0307. The lowest BCUT2D eigenvalue weighted by molar-refractivity contribution is 0.139. The topological polar surface area (TPSA) is 105 Å². The molecule has 160 valence electrons. The van der Waals surface area contributed by atoms with Crippen molar-refractivity contribution in [2.24, 2.45) is 0 Å². The summed E-state index contributed by atoms with van der Waals surface area (Å²) in [6.45, 7) is 1.40. The van der Waals surface area contributed by atoms with Crippen LogP contribution in [0.15, 0.2) is 30.6 Å². The second-order valence-corrected chi connectivity index (χ2v) is 6.97. The maximum atomic E-state index is 13.0. The van der Waals surface area contributed by atoms with Gasteiger partial charge in [-0.05, 0) is 25.0 Å². The van der Waals surface area contributed by atoms with E-state index in [1.54, 1.807) is 0 Å². The summed E-state index contributed by atoms with van der Waals surface area (Å²) in [7, 11) is 0. The van der Waals surface area contributed by atoms with Crippen LogP contribution >= 0.6 is 0 Å². The molecule has 0 spiro atoms. The monoisotopic (exact) mass is 420 g/mol. The average molecular weight is 420 g/mol. The highest BCUT2D eigenvalue weighted by atomic mass is 19.1. The quantitative estimate of drug-likeness (QED) is 0.768. The Kier molecular flexibility index (Phi) is 7.10. The Labute approximate surface area is 171 Å². The van der Waals surface area contributed by atoms with Gasteiger partial charge in [0.15, 0.2) is 5.82 Å². The van der Waals surface area contributed by atoms with E-state index < -0.39 is 17.7 Å². The highest BCUT2D eigenvalue weighted by molar-refractivity contribution is 5.81. The van der Waals surface area contributed by atoms with Gasteiger partial charge in [0.2, 0.25) is 0 Å². The van der Waals surface area contributed by atoms with Gasteiger partial charge >= 0.3 is 12.2 Å². The highest BCUT2D eigenvalue weighted by Crippen LogP contribution is 2.24. The van der Waals surface area contributed by atoms with E-state index in [0.29, 0.717) is 12.6 Å². The third-order valence-corrected chi connectivity index (χ3v) is 4.85. The van der Waals surface area contributed by atoms with Gasteiger partial charge in [-0.15, -0.1) is 0 Å². The minimum Gasteiger partial charge on any atom is -0.465 e. The van der Waals surface area contributed by atoms with Crippen LogP contribution in [0.4, 0.5) is 24.2 Å². The van der Waals surface area contributed by atoms with E-state index in [0.717, 1.165) is 30.9 Å². The van der Waals surface area contributed by atoms with E-state index in [1.165, 1.54) is 38.3 Å². The second-order valence-electron chi connectivity index (χ2n) is 6.97. The molecule has 1 aliphatic carbocycles. The zero-order valence-electron chi connectivity index (χ0n) is 16.2. The fraction of sp³-hybridized carbons (Fsp3) is 0.400. The van der Waals surface area contributed by atoms with Gasteiger partial charge in [0.1, 0.15) is 18.2 Å². The molecule has 0 bridgehead atoms. The first-order chi connectivity index (χ1) is 14.4. The van der Waals surface area contributed by atoms with Gasteiger partial charge in [-0.3, -0.25) is 10.3 Å². The summed E-state index contributed by atoms with van der Waals surface area (Å²) < 4.78 is 30.9. The molecule has 1 saturated carbocycles. The van der Waals surface area contributed by atoms with Crippen LogP contribution < -0.4 is 5.32 Å². The molecule has 2 N–H and O–H groups in total. The van der Waals surface area contributed by atoms with Crippen molar-refractivity contribution in [3.05, 3.63) is 42.2 Å². The minimum atomic E-state index is -1.27. The number of hydrogen-bond acceptors (Lipinski definition) is 5. The number of carboxylic acid groups (broad SMARTS) is 1. The zero-order chi connectivity index (χ0) is 21.5. The number of nitrogens with zero attached hydrogens (tertiary/aromatic N) is 3. The predicted octanol–water partition coefficient (Wildman–Crippen LogP) is 4.28. The van der Waals surface area contributed by atoms with E-state index >= 15 is 0 Å². The molecule has 30 heavy (non-hydrogen) atoms. The summed E-state index contributed by atoms with van der Waals surface area (Å²) in [5.41, 5.74) is 0.464. The Bertz CT molecular complexity index is 869. The van der Waals surface area contributed by atoms with Crippen LogP contribution in [0, 0.1) is 11.6 Å². The number of anilines is 1. The van der Waals surface area contributed by atoms with Crippen molar-refractivity contribution in [1.29, 1.82) is 0 Å². The number of nitrogens with one attached hydrogen (secondary N) is 1. The van der Waals surface area contributed by atoms with E-state index in [1.807, 2.05) is 10.2 Å². The maximum Gasteiger partial charge on any atom is 0.410 e. The molecule has 2 amide bonds. The van der Waals surface area contributed by atoms with Crippen LogP contribution in [0.25, 0.3) is 11.3 Å². The highest BCUT2D eigenvalue weighted by Gasteiger charge is 2.30. The smallest absolute Gasteiger partial charge is 0.410 e. The lowest BCUT2D eigenvalue weighted by Crippen LogP contribution is -2.37. The van der Waals surface area contributed by atoms with Crippen LogP contribution in [0.5, 0.6) is 0 Å². The van der Waals surface area contributed by atoms with Crippen molar-refractivity contribution in [3.8, 4) is 11.3 Å². The van der Waals surface area contributed by atoms with Gasteiger partial charge < -0.3 is 14.7 Å². The van der Waals surface area contributed by atoms with Crippen molar-refractivity contribution in [2.75, 3.05) is 18.5 Å². The van der Waals surface area contributed by atoms with Crippen molar-refractivity contribution in [3.63, 3.8) is 0 Å². The van der Waals surface area contributed by atoms with Crippen LogP contribution in [0.3, 0.4) is 0 Å². The SMILES string of the molecule is O=C(O)Nc1cnc(-c2cc(F)cc(F)c2)cn1.O=C1OCCN1C1CCCCC1. The van der Waals surface area contributed by atoms with Crippen molar-refractivity contribution < 1.29 is 28.2 Å². The van der Waals surface area contributed by atoms with Gasteiger partial charge in [-0.1, -0.05) is 19.3 Å². The number of aromatic nitrogens is 2. The Morgan fingerprint density at radius 1 is 1.10 bits per heavy atom. The number of amides is 2. The molecule has 2 fully saturated rings. The molecule has 2 heterocycles. The molecule has 0 atom stereocenters. The molecule has 1 aliphatic heterocycles. The molecule has 4 rings (SSSR count). The third-order valence-electron chi connectivity index (χ3n) is 4.85. The molecule has 2 aromatic rings. The Morgan fingerprint density at radius 2 is 1.80 bits per heavy atom. The molecular formula is C20H22F2N4O4. The fourth-order valence-corrected chi connectivity index (χ4v) is 3.48. The second kappa shape index (κ2) is 9.95. The number of hydrogen-bond donors (Lipinski definition) is 2. The predicted molar refractivity (Wildman–Crippen MR) is 104 cm³/mol. The van der Waals surface area contributed by atoms with Crippen molar-refractivity contribution >= 4 is 18.0 Å². The van der Waals surface area contributed by atoms with Gasteiger partial charge in [0, 0.05) is 17.7 Å². The molecule has 0 unspecified atom stereocenters. The molecule has 1 saturated heterocycles. The standard InChI is InChI=1S/C11H7F2N3O2.C9H15NO2/c12-7-1-6(2-8(13)3-7)9-4-15-10(5-14-9)16-11(17)18;11-9-10(6-7-12-9)8-4-2-1-3-5-8/h1-5H,(H,15,16)(H,17,18);8H,1-7H2. The Hall–Kier alpha value is -3.30. The number of cyclic esters (lactones) is 1. The largest absolute Gasteiger partial charge is 0.465 e. The number of benzene rings is 1. The summed E-state index contributed by atoms with van der Waals surface area (Å²) >= 11 is 0. The summed E-state index contributed by atoms with van der Waals surface area (Å²) in [6.07, 6.45) is 7.24. The lowest BCUT2D eigenvalue weighted by Gasteiger charge is -2.28. The van der Waals surface area contributed by atoms with Crippen LogP contribution in [-0.4, -0.2) is 51.4 Å². The summed E-state index contributed by atoms with van der Waals surface area (Å²) in [5.74, 6) is -1.41. The van der Waals surface area contributed by atoms with Crippen LogP contribution in [0.1, 0.15) is 32.1 Å². The first kappa shape index (κ1) is 21.4. The molecule has 2 aliphatic rings. The summed E-state index contributed by atoms with van der Waals surface area (Å²) in [6, 6.07) is 3.44. The number of carbonyl (C=O) groups is 2. The maximum absolute atomic E-state index is 13.0. The first-order valence-corrected chi connectivity index (χ1v) is 9.64. The molecular weight excluding hydrogens is 398 g/mol. The van der Waals surface area contributed by atoms with Gasteiger partial charge in [-0.25, -0.2) is 23.4 Å². The van der Waals surface area contributed by atoms with E-state index in [4.69, 9.17) is 9.84 Å². The van der Waals surface area contributed by atoms with Crippen LogP contribution in [-0.2, 0) is 4.74 Å². The van der Waals surface area contributed by atoms with Gasteiger partial charge in [-0.2, -0.15) is 0 Å². The number of rotatable bonds is 3. The fourth-order valence-electron chi connectivity index (χ4n) is 3.48. The van der Waals surface area contributed by atoms with E-state index in [-0.39, 0.29) is 23.2 Å². The lowest BCUT2D eigenvalue weighted by atomic mass is 9.94. The van der Waals surface area contributed by atoms with Crippen molar-refractivity contribution in [2.45, 2.75) is 38.1 Å². The van der Waals surface area contributed by atoms with Gasteiger partial charge in [0.05, 0.1) is 24.6 Å². The molecule has 1 aromatic heterocycles. The summed E-state index contributed by atoms with van der Waals surface area (Å²) in [4.78, 5) is 31.0. The Morgan fingerprint density at radius 3 is 2.33 bits per heavy atom. The molecule has 8 nitrogen and oxygen atoms in total. The Balaban J connectivity index is 0.000000184. The van der Waals surface area contributed by atoms with Crippen molar-refractivity contribution in [1.82, 2.24) is 14.9 Å². The number of ether oxygens (including phenoxy) is 1. The van der Waals surface area contributed by atoms with Crippen LogP contribution in [0.2, 0.25) is 0 Å². The first-order valence-electron chi connectivity index (χ1n) is 9.64. The third kappa shape index (κ3) is 5.85. The average Bonchev–Trinajstić information content (AvgIpc) is 3.14. The summed E-state index contributed by atoms with van der Waals surface area (Å²) in [5, 5.41) is 10.4. The zero-order valence-corrected chi connectivity index (χ0v) is 16.2. The molecule has 10 heteroatoms. The normalized spacial score (nSPS) is 16.5.